The van der Waals surface area contributed by atoms with Crippen LogP contribution in [0.3, 0.4) is 0 Å². The maximum absolute atomic E-state index is 12.8. The topological polar surface area (TPSA) is 140 Å². The number of fused-ring (bicyclic) bond motifs is 2. The standard InChI is InChI=1S/C28H40N6O7Si2/c1-5-39-43(40-6-2,20-12-18-30-28(36)34-25-15-9-7-13-23(25)21-32-34)41-42(37-3,38-4)19-11-17-29-27(35)33-22-31-24-14-8-10-16-26(24)33/h7-10,13-16,21-22H,5-6,11-12,17-20H2,1-4H3,(H,29,35)(H,30,36). The normalized spacial score (nSPS) is 12.2. The number of imidazole rings is 1. The molecule has 0 bridgehead atoms. The largest absolute Gasteiger partial charge is 0.493 e. The first-order valence-electron chi connectivity index (χ1n) is 14.4. The van der Waals surface area contributed by atoms with Crippen molar-refractivity contribution >= 4 is 51.6 Å². The predicted molar refractivity (Wildman–Crippen MR) is 166 cm³/mol. The number of rotatable bonds is 16. The lowest BCUT2D eigenvalue weighted by Crippen LogP contribution is -2.58. The van der Waals surface area contributed by atoms with Gasteiger partial charge in [-0.05, 0) is 44.9 Å². The van der Waals surface area contributed by atoms with Crippen molar-refractivity contribution < 1.29 is 31.4 Å². The van der Waals surface area contributed by atoms with E-state index >= 15 is 0 Å². The number of nitrogens with one attached hydrogen (secondary N) is 2. The third-order valence-electron chi connectivity index (χ3n) is 6.88. The van der Waals surface area contributed by atoms with E-state index in [1.807, 2.05) is 62.4 Å². The third kappa shape index (κ3) is 7.94. The van der Waals surface area contributed by atoms with E-state index in [4.69, 9.17) is 21.8 Å². The summed E-state index contributed by atoms with van der Waals surface area (Å²) < 4.78 is 33.5. The second kappa shape index (κ2) is 15.3. The molecule has 232 valence electrons. The molecule has 4 rings (SSSR count). The van der Waals surface area contributed by atoms with Crippen molar-refractivity contribution in [1.82, 2.24) is 30.0 Å². The van der Waals surface area contributed by atoms with Crippen LogP contribution in [0.1, 0.15) is 26.7 Å². The monoisotopic (exact) mass is 628 g/mol. The molecule has 15 heteroatoms. The molecule has 0 spiro atoms. The first kappa shape index (κ1) is 32.5. The van der Waals surface area contributed by atoms with Crippen molar-refractivity contribution in [1.29, 1.82) is 0 Å². The molecule has 0 aliphatic carbocycles. The zero-order valence-corrected chi connectivity index (χ0v) is 27.1. The van der Waals surface area contributed by atoms with Crippen molar-refractivity contribution in [2.45, 2.75) is 38.8 Å². The zero-order valence-electron chi connectivity index (χ0n) is 25.1. The van der Waals surface area contributed by atoms with Crippen LogP contribution in [-0.2, 0) is 21.8 Å². The van der Waals surface area contributed by atoms with Crippen LogP contribution in [0.25, 0.3) is 21.9 Å². The molecule has 4 aromatic rings. The van der Waals surface area contributed by atoms with Crippen LogP contribution in [0.2, 0.25) is 12.1 Å². The molecule has 13 nitrogen and oxygen atoms in total. The second-order valence-corrected chi connectivity index (χ2v) is 15.6. The van der Waals surface area contributed by atoms with Gasteiger partial charge in [-0.15, -0.1) is 0 Å². The highest BCUT2D eigenvalue weighted by atomic mass is 28.5. The Balaban J connectivity index is 1.34. The van der Waals surface area contributed by atoms with Crippen LogP contribution in [-0.4, -0.2) is 89.5 Å². The van der Waals surface area contributed by atoms with Crippen LogP contribution in [0, 0.1) is 0 Å². The number of hydrogen-bond donors (Lipinski definition) is 2. The number of para-hydroxylation sites is 3. The summed E-state index contributed by atoms with van der Waals surface area (Å²) in [5.41, 5.74) is 2.22. The number of carbonyl (C=O) groups is 2. The van der Waals surface area contributed by atoms with Gasteiger partial charge in [0, 0.05) is 58.0 Å². The molecule has 2 amide bonds. The Labute approximate surface area is 253 Å². The molecule has 0 aliphatic heterocycles. The van der Waals surface area contributed by atoms with E-state index < -0.39 is 17.6 Å². The van der Waals surface area contributed by atoms with Gasteiger partial charge in [0.15, 0.2) is 0 Å². The van der Waals surface area contributed by atoms with Gasteiger partial charge >= 0.3 is 29.7 Å². The molecular formula is C28H40N6O7Si2. The summed E-state index contributed by atoms with van der Waals surface area (Å²) >= 11 is 0. The van der Waals surface area contributed by atoms with Crippen LogP contribution in [0.5, 0.6) is 0 Å². The van der Waals surface area contributed by atoms with E-state index in [1.165, 1.54) is 15.6 Å². The van der Waals surface area contributed by atoms with Gasteiger partial charge in [0.25, 0.3) is 0 Å². The van der Waals surface area contributed by atoms with E-state index in [2.05, 4.69) is 20.7 Å². The fraction of sp³-hybridized carbons (Fsp3) is 0.429. The summed E-state index contributed by atoms with van der Waals surface area (Å²) in [6, 6.07) is 15.3. The van der Waals surface area contributed by atoms with Gasteiger partial charge in [0.05, 0.1) is 22.7 Å². The minimum Gasteiger partial charge on any atom is -0.377 e. The fourth-order valence-electron chi connectivity index (χ4n) is 4.81. The predicted octanol–water partition coefficient (Wildman–Crippen LogP) is 4.24. The summed E-state index contributed by atoms with van der Waals surface area (Å²) in [6.07, 6.45) is 4.26. The minimum atomic E-state index is -3.27. The molecule has 2 aromatic carbocycles. The van der Waals surface area contributed by atoms with Crippen molar-refractivity contribution in [2.75, 3.05) is 40.5 Å². The molecular weight excluding hydrogens is 589 g/mol. The van der Waals surface area contributed by atoms with E-state index in [9.17, 15) is 9.59 Å². The number of nitrogens with zero attached hydrogens (tertiary/aromatic N) is 4. The molecule has 0 unspecified atom stereocenters. The Morgan fingerprint density at radius 1 is 0.814 bits per heavy atom. The van der Waals surface area contributed by atoms with Crippen LogP contribution in [0.4, 0.5) is 9.59 Å². The number of hydrogen-bond acceptors (Lipinski definition) is 9. The highest BCUT2D eigenvalue weighted by Gasteiger charge is 2.52. The summed E-state index contributed by atoms with van der Waals surface area (Å²) in [5, 5.41) is 10.9. The smallest absolute Gasteiger partial charge is 0.377 e. The first-order valence-corrected chi connectivity index (χ1v) is 18.3. The summed E-state index contributed by atoms with van der Waals surface area (Å²) in [5.74, 6) is 0. The van der Waals surface area contributed by atoms with Crippen molar-refractivity contribution in [2.24, 2.45) is 0 Å². The van der Waals surface area contributed by atoms with Gasteiger partial charge in [-0.3, -0.25) is 4.57 Å². The molecule has 0 saturated carbocycles. The summed E-state index contributed by atoms with van der Waals surface area (Å²) in [7, 11) is -3.42. The van der Waals surface area contributed by atoms with Gasteiger partial charge in [0.2, 0.25) is 0 Å². The lowest BCUT2D eigenvalue weighted by molar-refractivity contribution is 0.0645. The van der Waals surface area contributed by atoms with E-state index in [1.54, 1.807) is 20.4 Å². The summed E-state index contributed by atoms with van der Waals surface area (Å²) in [4.78, 5) is 29.8. The number of benzene rings is 2. The molecule has 2 heterocycles. The minimum absolute atomic E-state index is 0.269. The molecule has 0 fully saturated rings. The molecule has 0 atom stereocenters. The Hall–Kier alpha value is -3.45. The van der Waals surface area contributed by atoms with Gasteiger partial charge in [0.1, 0.15) is 6.33 Å². The molecule has 0 saturated heterocycles. The third-order valence-corrected chi connectivity index (χ3v) is 14.0. The van der Waals surface area contributed by atoms with Crippen LogP contribution < -0.4 is 10.6 Å². The van der Waals surface area contributed by atoms with Gasteiger partial charge in [-0.2, -0.15) is 9.78 Å². The highest BCUT2D eigenvalue weighted by Crippen LogP contribution is 2.27. The number of amides is 2. The molecule has 2 N–H and O–H groups in total. The fourth-order valence-corrected chi connectivity index (χ4v) is 11.7. The number of aromatic nitrogens is 4. The Morgan fingerprint density at radius 3 is 2.09 bits per heavy atom. The van der Waals surface area contributed by atoms with Crippen LogP contribution in [0.15, 0.2) is 61.1 Å². The first-order chi connectivity index (χ1) is 20.9. The zero-order chi connectivity index (χ0) is 30.7. The van der Waals surface area contributed by atoms with Gasteiger partial charge in [-0.1, -0.05) is 30.3 Å². The van der Waals surface area contributed by atoms with Crippen molar-refractivity contribution in [3.63, 3.8) is 0 Å². The Morgan fingerprint density at radius 2 is 1.42 bits per heavy atom. The van der Waals surface area contributed by atoms with E-state index in [0.717, 1.165) is 21.9 Å². The second-order valence-electron chi connectivity index (χ2n) is 9.63. The van der Waals surface area contributed by atoms with Gasteiger partial charge in [-0.25, -0.2) is 14.6 Å². The maximum Gasteiger partial charge on any atom is 0.493 e. The SMILES string of the molecule is CCO[Si](CCCNC(=O)n1ncc2ccccc21)(OCC)O[Si](CCCNC(=O)n1cnc2ccccc21)(OC)OC. The maximum atomic E-state index is 12.8. The Bertz CT molecular complexity index is 1490. The quantitative estimate of drug-likeness (QED) is 0.138. The highest BCUT2D eigenvalue weighted by molar-refractivity contribution is 6.75. The lowest BCUT2D eigenvalue weighted by Gasteiger charge is -2.37. The average Bonchev–Trinajstić information content (AvgIpc) is 3.66. The average molecular weight is 629 g/mol. The molecule has 0 aliphatic rings. The van der Waals surface area contributed by atoms with Crippen molar-refractivity contribution in [3.05, 3.63) is 61.1 Å². The van der Waals surface area contributed by atoms with E-state index in [0.29, 0.717) is 51.2 Å². The van der Waals surface area contributed by atoms with Gasteiger partial charge < -0.3 is 32.5 Å². The van der Waals surface area contributed by atoms with Crippen LogP contribution >= 0.6 is 0 Å². The number of carbonyl (C=O) groups excluding carboxylic acids is 2. The lowest BCUT2D eigenvalue weighted by atomic mass is 10.3. The van der Waals surface area contributed by atoms with Crippen molar-refractivity contribution in [3.8, 4) is 0 Å². The summed E-state index contributed by atoms with van der Waals surface area (Å²) in [6.45, 7) is 5.27. The molecule has 2 aromatic heterocycles. The van der Waals surface area contributed by atoms with E-state index in [-0.39, 0.29) is 12.1 Å². The molecule has 0 radical (unpaired) electrons. The Kier molecular flexibility index (Phi) is 11.6. The molecule has 43 heavy (non-hydrogen) atoms.